The van der Waals surface area contributed by atoms with E-state index in [0.29, 0.717) is 23.5 Å². The molecule has 0 aromatic carbocycles. The fourth-order valence-electron chi connectivity index (χ4n) is 1.57. The maximum absolute atomic E-state index is 10.8. The third kappa shape index (κ3) is 1.18. The van der Waals surface area contributed by atoms with Gasteiger partial charge in [-0.3, -0.25) is 4.79 Å². The molecule has 2 nitrogen and oxygen atoms in total. The Bertz CT molecular complexity index is 212. The van der Waals surface area contributed by atoms with Crippen molar-refractivity contribution in [2.75, 3.05) is 7.11 Å². The first-order chi connectivity index (χ1) is 5.33. The van der Waals surface area contributed by atoms with Crippen molar-refractivity contribution in [1.82, 2.24) is 0 Å². The quantitative estimate of drug-likeness (QED) is 0.586. The molecule has 0 N–H and O–H groups in total. The summed E-state index contributed by atoms with van der Waals surface area (Å²) in [6.07, 6.45) is 2.80. The fraction of sp³-hybridized carbons (Fsp3) is 0.625. The summed E-state index contributed by atoms with van der Waals surface area (Å²) in [6, 6.07) is 0. The molecule has 2 aliphatic rings. The zero-order valence-electron chi connectivity index (χ0n) is 6.32. The average Bonchev–Trinajstić information content (AvgIpc) is 2.52. The van der Waals surface area contributed by atoms with Crippen LogP contribution in [-0.2, 0) is 9.53 Å². The Morgan fingerprint density at radius 1 is 1.73 bits per heavy atom. The summed E-state index contributed by atoms with van der Waals surface area (Å²) in [6.45, 7) is 0. The van der Waals surface area contributed by atoms with Crippen LogP contribution in [0.3, 0.4) is 0 Å². The fourth-order valence-corrected chi connectivity index (χ4v) is 2.88. The van der Waals surface area contributed by atoms with Gasteiger partial charge in [0.1, 0.15) is 0 Å². The van der Waals surface area contributed by atoms with E-state index in [0.717, 1.165) is 0 Å². The molecule has 2 rings (SSSR count). The summed E-state index contributed by atoms with van der Waals surface area (Å²) >= 11 is 1.84. The zero-order valence-corrected chi connectivity index (χ0v) is 7.14. The maximum atomic E-state index is 10.8. The number of thioether (sulfide) groups is 1. The van der Waals surface area contributed by atoms with Crippen LogP contribution in [0.25, 0.3) is 0 Å². The van der Waals surface area contributed by atoms with Gasteiger partial charge in [-0.1, -0.05) is 6.08 Å². The van der Waals surface area contributed by atoms with Gasteiger partial charge in [-0.2, -0.15) is 0 Å². The molecule has 1 fully saturated rings. The lowest BCUT2D eigenvalue weighted by molar-refractivity contribution is -0.141. The van der Waals surface area contributed by atoms with Gasteiger partial charge in [0.15, 0.2) is 0 Å². The van der Waals surface area contributed by atoms with Crippen LogP contribution in [0.5, 0.6) is 0 Å². The number of allylic oxidation sites excluding steroid dienone is 1. The molecule has 11 heavy (non-hydrogen) atoms. The number of rotatable bonds is 2. The van der Waals surface area contributed by atoms with E-state index >= 15 is 0 Å². The van der Waals surface area contributed by atoms with E-state index in [2.05, 4.69) is 16.2 Å². The molecule has 3 heteroatoms. The number of hydrogen-bond donors (Lipinski definition) is 0. The molecule has 0 aromatic rings. The van der Waals surface area contributed by atoms with Crippen LogP contribution < -0.4 is 0 Å². The number of methoxy groups -OCH3 is 1. The van der Waals surface area contributed by atoms with Crippen LogP contribution in [0.15, 0.2) is 11.5 Å². The normalized spacial score (nSPS) is 38.5. The standard InChI is InChI=1S/C8H10O2S/c1-10-7(9)4-6-5-2-3-11-8(5)6/h2-3,5-6,8H,4H2,1H3/t5-,6-,8-/m1/s1. The number of ether oxygens (including phenoxy) is 1. The van der Waals surface area contributed by atoms with Crippen LogP contribution in [-0.4, -0.2) is 18.3 Å². The number of esters is 1. The molecule has 0 radical (unpaired) electrons. The Morgan fingerprint density at radius 3 is 3.09 bits per heavy atom. The minimum atomic E-state index is -0.0709. The van der Waals surface area contributed by atoms with Gasteiger partial charge in [0.25, 0.3) is 0 Å². The van der Waals surface area contributed by atoms with Crippen molar-refractivity contribution in [1.29, 1.82) is 0 Å². The topological polar surface area (TPSA) is 26.3 Å². The first kappa shape index (κ1) is 7.22. The minimum Gasteiger partial charge on any atom is -0.469 e. The molecule has 0 bridgehead atoms. The highest BCUT2D eigenvalue weighted by molar-refractivity contribution is 8.03. The van der Waals surface area contributed by atoms with E-state index in [1.54, 1.807) is 0 Å². The predicted molar refractivity (Wildman–Crippen MR) is 44.1 cm³/mol. The van der Waals surface area contributed by atoms with Crippen molar-refractivity contribution in [2.24, 2.45) is 11.8 Å². The summed E-state index contributed by atoms with van der Waals surface area (Å²) in [5.41, 5.74) is 0. The van der Waals surface area contributed by atoms with Gasteiger partial charge in [-0.15, -0.1) is 11.8 Å². The summed E-state index contributed by atoms with van der Waals surface area (Å²) in [5.74, 6) is 1.16. The second kappa shape index (κ2) is 2.55. The molecular formula is C8H10O2S. The van der Waals surface area contributed by atoms with Crippen LogP contribution >= 0.6 is 11.8 Å². The monoisotopic (exact) mass is 170 g/mol. The molecule has 1 saturated carbocycles. The predicted octanol–water partition coefficient (Wildman–Crippen LogP) is 1.42. The summed E-state index contributed by atoms with van der Waals surface area (Å²) in [7, 11) is 1.45. The van der Waals surface area contributed by atoms with E-state index in [-0.39, 0.29) is 5.97 Å². The molecule has 3 atom stereocenters. The Hall–Kier alpha value is -0.440. The highest BCUT2D eigenvalue weighted by Crippen LogP contribution is 2.56. The number of carbonyl (C=O) groups is 1. The second-order valence-corrected chi connectivity index (χ2v) is 4.04. The minimum absolute atomic E-state index is 0.0709. The van der Waals surface area contributed by atoms with Gasteiger partial charge in [0, 0.05) is 5.25 Å². The van der Waals surface area contributed by atoms with Gasteiger partial charge >= 0.3 is 5.97 Å². The highest BCUT2D eigenvalue weighted by atomic mass is 32.2. The van der Waals surface area contributed by atoms with E-state index in [1.165, 1.54) is 7.11 Å². The van der Waals surface area contributed by atoms with Crippen LogP contribution in [0.2, 0.25) is 0 Å². The zero-order chi connectivity index (χ0) is 7.84. The van der Waals surface area contributed by atoms with Gasteiger partial charge in [-0.05, 0) is 17.2 Å². The maximum Gasteiger partial charge on any atom is 0.305 e. The van der Waals surface area contributed by atoms with Gasteiger partial charge in [0.05, 0.1) is 13.5 Å². The molecule has 1 aliphatic heterocycles. The molecule has 0 spiro atoms. The number of carbonyl (C=O) groups excluding carboxylic acids is 1. The van der Waals surface area contributed by atoms with E-state index < -0.39 is 0 Å². The molecular weight excluding hydrogens is 160 g/mol. The lowest BCUT2D eigenvalue weighted by Gasteiger charge is -1.97. The van der Waals surface area contributed by atoms with Crippen molar-refractivity contribution in [3.63, 3.8) is 0 Å². The molecule has 0 aromatic heterocycles. The number of fused-ring (bicyclic) bond motifs is 1. The van der Waals surface area contributed by atoms with Crippen molar-refractivity contribution in [3.8, 4) is 0 Å². The van der Waals surface area contributed by atoms with Gasteiger partial charge < -0.3 is 4.74 Å². The third-order valence-corrected chi connectivity index (χ3v) is 3.61. The third-order valence-electron chi connectivity index (χ3n) is 2.32. The van der Waals surface area contributed by atoms with Gasteiger partial charge in [0.2, 0.25) is 0 Å². The smallest absolute Gasteiger partial charge is 0.305 e. The van der Waals surface area contributed by atoms with Crippen molar-refractivity contribution in [3.05, 3.63) is 11.5 Å². The molecule has 60 valence electrons. The Balaban J connectivity index is 1.83. The Morgan fingerprint density at radius 2 is 2.55 bits per heavy atom. The van der Waals surface area contributed by atoms with Crippen LogP contribution in [0, 0.1) is 11.8 Å². The Labute approximate surface area is 70.0 Å². The summed E-state index contributed by atoms with van der Waals surface area (Å²) in [4.78, 5) is 10.8. The molecule has 1 aliphatic carbocycles. The lowest BCUT2D eigenvalue weighted by Crippen LogP contribution is -2.02. The molecule has 1 heterocycles. The summed E-state index contributed by atoms with van der Waals surface area (Å²) in [5, 5.41) is 2.82. The highest BCUT2D eigenvalue weighted by Gasteiger charge is 2.51. The lowest BCUT2D eigenvalue weighted by atomic mass is 10.2. The van der Waals surface area contributed by atoms with Crippen molar-refractivity contribution < 1.29 is 9.53 Å². The van der Waals surface area contributed by atoms with Crippen LogP contribution in [0.1, 0.15) is 6.42 Å². The molecule has 0 amide bonds. The first-order valence-corrected chi connectivity index (χ1v) is 4.66. The SMILES string of the molecule is COC(=O)C[C@@H]1[C@H]2C=CS[C@H]21. The summed E-state index contributed by atoms with van der Waals surface area (Å²) < 4.78 is 4.59. The second-order valence-electron chi connectivity index (χ2n) is 2.95. The van der Waals surface area contributed by atoms with Crippen molar-refractivity contribution >= 4 is 17.7 Å². The van der Waals surface area contributed by atoms with E-state index in [9.17, 15) is 4.79 Å². The molecule has 0 unspecified atom stereocenters. The Kier molecular flexibility index (Phi) is 1.68. The molecule has 0 saturated heterocycles. The number of hydrogen-bond acceptors (Lipinski definition) is 3. The largest absolute Gasteiger partial charge is 0.469 e. The average molecular weight is 170 g/mol. The van der Waals surface area contributed by atoms with E-state index in [4.69, 9.17) is 0 Å². The van der Waals surface area contributed by atoms with Gasteiger partial charge in [-0.25, -0.2) is 0 Å². The van der Waals surface area contributed by atoms with E-state index in [1.807, 2.05) is 11.8 Å². The van der Waals surface area contributed by atoms with Crippen LogP contribution in [0.4, 0.5) is 0 Å². The first-order valence-electron chi connectivity index (χ1n) is 3.72. The van der Waals surface area contributed by atoms with Crippen molar-refractivity contribution in [2.45, 2.75) is 11.7 Å².